The van der Waals surface area contributed by atoms with E-state index >= 15 is 0 Å². The Kier molecular flexibility index (Phi) is 5.60. The second kappa shape index (κ2) is 7.22. The van der Waals surface area contributed by atoms with Gasteiger partial charge in [-0.2, -0.15) is 8.42 Å². The monoisotopic (exact) mass is 300 g/mol. The predicted molar refractivity (Wildman–Crippen MR) is 77.8 cm³/mol. The molecule has 0 radical (unpaired) electrons. The van der Waals surface area contributed by atoms with E-state index in [0.717, 1.165) is 25.0 Å². The van der Waals surface area contributed by atoms with E-state index in [9.17, 15) is 8.42 Å². The van der Waals surface area contributed by atoms with Crippen molar-refractivity contribution in [3.05, 3.63) is 18.7 Å². The number of rotatable bonds is 7. The lowest BCUT2D eigenvalue weighted by molar-refractivity contribution is 0.163. The topological polar surface area (TPSA) is 61.2 Å². The van der Waals surface area contributed by atoms with Gasteiger partial charge in [-0.3, -0.25) is 4.18 Å². The Hall–Kier alpha value is -0.880. The minimum absolute atomic E-state index is 0.291. The molecule has 20 heavy (non-hydrogen) atoms. The predicted octanol–water partition coefficient (Wildman–Crippen LogP) is 2.59. The molecule has 1 fully saturated rings. The smallest absolute Gasteiger partial charge is 0.264 e. The molecule has 1 aliphatic rings. The van der Waals surface area contributed by atoms with Crippen molar-refractivity contribution in [2.75, 3.05) is 6.26 Å². The van der Waals surface area contributed by atoms with E-state index in [-0.39, 0.29) is 6.10 Å². The van der Waals surface area contributed by atoms with Gasteiger partial charge in [0.2, 0.25) is 0 Å². The largest absolute Gasteiger partial charge is 0.335 e. The third-order valence-electron chi connectivity index (χ3n) is 3.91. The van der Waals surface area contributed by atoms with Crippen molar-refractivity contribution >= 4 is 10.1 Å². The van der Waals surface area contributed by atoms with Gasteiger partial charge >= 0.3 is 0 Å². The molecule has 5 nitrogen and oxygen atoms in total. The molecule has 6 heteroatoms. The summed E-state index contributed by atoms with van der Waals surface area (Å²) in [7, 11) is -3.41. The summed E-state index contributed by atoms with van der Waals surface area (Å²) in [5, 5.41) is 0. The Morgan fingerprint density at radius 1 is 1.35 bits per heavy atom. The molecule has 0 spiro atoms. The van der Waals surface area contributed by atoms with Crippen LogP contribution in [0.2, 0.25) is 0 Å². The average molecular weight is 300 g/mol. The van der Waals surface area contributed by atoms with Crippen molar-refractivity contribution in [1.29, 1.82) is 0 Å². The van der Waals surface area contributed by atoms with Crippen LogP contribution in [0.5, 0.6) is 0 Å². The lowest BCUT2D eigenvalue weighted by Crippen LogP contribution is -2.24. The molecule has 2 rings (SSSR count). The summed E-state index contributed by atoms with van der Waals surface area (Å²) in [5.74, 6) is 0.734. The van der Waals surface area contributed by atoms with Crippen molar-refractivity contribution in [2.45, 2.75) is 57.6 Å². The highest BCUT2D eigenvalue weighted by Gasteiger charge is 2.20. The fraction of sp³-hybridized carbons (Fsp3) is 0.786. The third-order valence-corrected chi connectivity index (χ3v) is 4.53. The second-order valence-corrected chi connectivity index (χ2v) is 7.36. The van der Waals surface area contributed by atoms with Crippen molar-refractivity contribution < 1.29 is 12.6 Å². The average Bonchev–Trinajstić information content (AvgIpc) is 2.88. The first-order chi connectivity index (χ1) is 9.53. The number of nitrogens with zero attached hydrogens (tertiary/aromatic N) is 2. The van der Waals surface area contributed by atoms with Crippen LogP contribution < -0.4 is 0 Å². The first-order valence-electron chi connectivity index (χ1n) is 7.37. The molecule has 1 saturated carbocycles. The quantitative estimate of drug-likeness (QED) is 0.726. The van der Waals surface area contributed by atoms with Gasteiger partial charge in [0.15, 0.2) is 0 Å². The van der Waals surface area contributed by atoms with E-state index in [4.69, 9.17) is 4.18 Å². The number of imidazole rings is 1. The summed E-state index contributed by atoms with van der Waals surface area (Å²) in [6.45, 7) is 0.541. The molecular weight excluding hydrogens is 276 g/mol. The maximum absolute atomic E-state index is 11.4. The summed E-state index contributed by atoms with van der Waals surface area (Å²) in [6.07, 6.45) is 14.4. The van der Waals surface area contributed by atoms with E-state index in [2.05, 4.69) is 4.98 Å². The lowest BCUT2D eigenvalue weighted by atomic mass is 9.85. The van der Waals surface area contributed by atoms with Gasteiger partial charge in [-0.05, 0) is 18.8 Å². The second-order valence-electron chi connectivity index (χ2n) is 5.76. The molecule has 1 aromatic rings. The first-order valence-corrected chi connectivity index (χ1v) is 9.18. The molecule has 0 N–H and O–H groups in total. The van der Waals surface area contributed by atoms with Gasteiger partial charge in [0, 0.05) is 12.4 Å². The van der Waals surface area contributed by atoms with Crippen LogP contribution in [0, 0.1) is 5.92 Å². The van der Waals surface area contributed by atoms with Crippen molar-refractivity contribution in [3.8, 4) is 0 Å². The molecule has 0 aliphatic heterocycles. The molecule has 1 atom stereocenters. The highest BCUT2D eigenvalue weighted by molar-refractivity contribution is 7.86. The summed E-state index contributed by atoms with van der Waals surface area (Å²) < 4.78 is 29.8. The summed E-state index contributed by atoms with van der Waals surface area (Å²) in [4.78, 5) is 3.98. The van der Waals surface area contributed by atoms with Crippen LogP contribution in [0.15, 0.2) is 18.7 Å². The van der Waals surface area contributed by atoms with Crippen LogP contribution in [0.4, 0.5) is 0 Å². The maximum atomic E-state index is 11.4. The molecule has 1 heterocycles. The SMILES string of the molecule is CS(=O)(=O)OC(CCC1CCCCC1)Cn1ccnc1. The van der Waals surface area contributed by atoms with Crippen LogP contribution in [-0.4, -0.2) is 30.3 Å². The van der Waals surface area contributed by atoms with Crippen LogP contribution >= 0.6 is 0 Å². The molecule has 1 unspecified atom stereocenters. The van der Waals surface area contributed by atoms with Gasteiger partial charge in [-0.25, -0.2) is 4.98 Å². The zero-order valence-electron chi connectivity index (χ0n) is 12.1. The van der Waals surface area contributed by atoms with Crippen LogP contribution in [0.1, 0.15) is 44.9 Å². The Morgan fingerprint density at radius 3 is 2.70 bits per heavy atom. The summed E-state index contributed by atoms with van der Waals surface area (Å²) in [5.41, 5.74) is 0. The zero-order valence-corrected chi connectivity index (χ0v) is 12.9. The third kappa shape index (κ3) is 5.63. The number of hydrogen-bond donors (Lipinski definition) is 0. The fourth-order valence-corrected chi connectivity index (χ4v) is 3.60. The van der Waals surface area contributed by atoms with E-state index in [1.807, 2.05) is 10.8 Å². The van der Waals surface area contributed by atoms with Crippen LogP contribution in [0.3, 0.4) is 0 Å². The van der Waals surface area contributed by atoms with Crippen molar-refractivity contribution in [3.63, 3.8) is 0 Å². The highest BCUT2D eigenvalue weighted by atomic mass is 32.2. The molecule has 114 valence electrons. The van der Waals surface area contributed by atoms with E-state index in [1.165, 1.54) is 32.1 Å². The number of hydrogen-bond acceptors (Lipinski definition) is 4. The van der Waals surface area contributed by atoms with Crippen LogP contribution in [0.25, 0.3) is 0 Å². The van der Waals surface area contributed by atoms with E-state index < -0.39 is 10.1 Å². The zero-order chi connectivity index (χ0) is 14.4. The molecule has 1 aromatic heterocycles. The van der Waals surface area contributed by atoms with E-state index in [1.54, 1.807) is 12.5 Å². The normalized spacial score (nSPS) is 19.1. The summed E-state index contributed by atoms with van der Waals surface area (Å²) >= 11 is 0. The Bertz CT molecular complexity index is 479. The lowest BCUT2D eigenvalue weighted by Gasteiger charge is -2.24. The standard InChI is InChI=1S/C14H24N2O3S/c1-20(17,18)19-14(11-16-10-9-15-12-16)8-7-13-5-3-2-4-6-13/h9-10,12-14H,2-8,11H2,1H3. The van der Waals surface area contributed by atoms with Gasteiger partial charge in [0.1, 0.15) is 0 Å². The van der Waals surface area contributed by atoms with E-state index in [0.29, 0.717) is 6.54 Å². The molecule has 0 saturated heterocycles. The van der Waals surface area contributed by atoms with Crippen molar-refractivity contribution in [1.82, 2.24) is 9.55 Å². The first kappa shape index (κ1) is 15.5. The van der Waals surface area contributed by atoms with Crippen LogP contribution in [-0.2, 0) is 20.8 Å². The van der Waals surface area contributed by atoms with Gasteiger partial charge in [0.25, 0.3) is 10.1 Å². The molecule has 0 bridgehead atoms. The Morgan fingerprint density at radius 2 is 2.10 bits per heavy atom. The fourth-order valence-electron chi connectivity index (χ4n) is 2.94. The highest BCUT2D eigenvalue weighted by Crippen LogP contribution is 2.28. The minimum Gasteiger partial charge on any atom is -0.335 e. The van der Waals surface area contributed by atoms with Gasteiger partial charge in [-0.1, -0.05) is 32.1 Å². The molecule has 0 amide bonds. The maximum Gasteiger partial charge on any atom is 0.264 e. The van der Waals surface area contributed by atoms with Gasteiger partial charge < -0.3 is 4.57 Å². The Labute approximate surface area is 121 Å². The minimum atomic E-state index is -3.41. The van der Waals surface area contributed by atoms with Gasteiger partial charge in [-0.15, -0.1) is 0 Å². The molecule has 1 aliphatic carbocycles. The molecular formula is C14H24N2O3S. The van der Waals surface area contributed by atoms with Crippen molar-refractivity contribution in [2.24, 2.45) is 5.92 Å². The summed E-state index contributed by atoms with van der Waals surface area (Å²) in [6, 6.07) is 0. The number of aromatic nitrogens is 2. The van der Waals surface area contributed by atoms with Gasteiger partial charge in [0.05, 0.1) is 25.2 Å². The molecule has 0 aromatic carbocycles. The Balaban J connectivity index is 1.87.